The Hall–Kier alpha value is -2.18. The smallest absolute Gasteiger partial charge is 0.336 e. The molecule has 0 unspecified atom stereocenters. The van der Waals surface area contributed by atoms with Crippen molar-refractivity contribution < 1.29 is 18.3 Å². The number of benzene rings is 2. The SMILES string of the molecule is Cc1ccc(-c2ccc(S(=O)(=O)NC(C)(C)C)cc2)c(C(=O)O)c1. The lowest BCUT2D eigenvalue weighted by Gasteiger charge is -2.20. The van der Waals surface area contributed by atoms with Crippen molar-refractivity contribution in [2.75, 3.05) is 0 Å². The minimum Gasteiger partial charge on any atom is -0.478 e. The number of aryl methyl sites for hydroxylation is 1. The molecule has 0 atom stereocenters. The number of nitrogens with one attached hydrogen (secondary N) is 1. The van der Waals surface area contributed by atoms with Gasteiger partial charge in [0.25, 0.3) is 0 Å². The third-order valence-electron chi connectivity index (χ3n) is 3.32. The minimum absolute atomic E-state index is 0.144. The topological polar surface area (TPSA) is 83.5 Å². The van der Waals surface area contributed by atoms with Gasteiger partial charge in [-0.1, -0.05) is 29.8 Å². The Morgan fingerprint density at radius 3 is 2.12 bits per heavy atom. The molecule has 2 aromatic rings. The van der Waals surface area contributed by atoms with Crippen molar-refractivity contribution in [1.82, 2.24) is 4.72 Å². The first-order valence-electron chi connectivity index (χ1n) is 7.48. The summed E-state index contributed by atoms with van der Waals surface area (Å²) in [6.45, 7) is 7.13. The van der Waals surface area contributed by atoms with E-state index in [9.17, 15) is 18.3 Å². The molecule has 0 radical (unpaired) electrons. The van der Waals surface area contributed by atoms with Gasteiger partial charge in [-0.25, -0.2) is 17.9 Å². The van der Waals surface area contributed by atoms with Crippen LogP contribution < -0.4 is 4.72 Å². The van der Waals surface area contributed by atoms with E-state index in [1.54, 1.807) is 45.0 Å². The van der Waals surface area contributed by atoms with Crippen molar-refractivity contribution in [2.24, 2.45) is 0 Å². The van der Waals surface area contributed by atoms with Gasteiger partial charge in [0.2, 0.25) is 10.0 Å². The third kappa shape index (κ3) is 4.21. The van der Waals surface area contributed by atoms with Gasteiger partial charge in [-0.3, -0.25) is 0 Å². The molecular weight excluding hydrogens is 326 g/mol. The molecule has 0 aliphatic rings. The van der Waals surface area contributed by atoms with Gasteiger partial charge in [0.1, 0.15) is 0 Å². The molecule has 0 aromatic heterocycles. The van der Waals surface area contributed by atoms with E-state index in [4.69, 9.17) is 0 Å². The second kappa shape index (κ2) is 6.37. The average molecular weight is 347 g/mol. The highest BCUT2D eigenvalue weighted by molar-refractivity contribution is 7.89. The molecule has 2 N–H and O–H groups in total. The molecule has 0 aliphatic carbocycles. The number of hydrogen-bond donors (Lipinski definition) is 2. The Bertz CT molecular complexity index is 863. The summed E-state index contributed by atoms with van der Waals surface area (Å²) in [4.78, 5) is 11.6. The maximum atomic E-state index is 12.3. The highest BCUT2D eigenvalue weighted by atomic mass is 32.2. The monoisotopic (exact) mass is 347 g/mol. The van der Waals surface area contributed by atoms with Gasteiger partial charge < -0.3 is 5.11 Å². The quantitative estimate of drug-likeness (QED) is 0.887. The molecule has 2 rings (SSSR count). The van der Waals surface area contributed by atoms with Crippen LogP contribution in [0.25, 0.3) is 11.1 Å². The van der Waals surface area contributed by atoms with Gasteiger partial charge in [-0.05, 0) is 57.0 Å². The minimum atomic E-state index is -3.62. The summed E-state index contributed by atoms with van der Waals surface area (Å²) < 4.78 is 27.2. The van der Waals surface area contributed by atoms with Crippen molar-refractivity contribution in [3.63, 3.8) is 0 Å². The molecule has 0 aliphatic heterocycles. The average Bonchev–Trinajstić information content (AvgIpc) is 2.45. The van der Waals surface area contributed by atoms with E-state index in [2.05, 4.69) is 4.72 Å². The van der Waals surface area contributed by atoms with Crippen LogP contribution >= 0.6 is 0 Å². The Morgan fingerprint density at radius 2 is 1.62 bits per heavy atom. The molecule has 0 amide bonds. The second-order valence-corrected chi connectivity index (χ2v) is 8.42. The van der Waals surface area contributed by atoms with E-state index in [0.717, 1.165) is 5.56 Å². The molecule has 0 saturated heterocycles. The van der Waals surface area contributed by atoms with Crippen LogP contribution in [0.2, 0.25) is 0 Å². The van der Waals surface area contributed by atoms with Crippen LogP contribution in [-0.4, -0.2) is 25.0 Å². The molecule has 0 bridgehead atoms. The lowest BCUT2D eigenvalue weighted by atomic mass is 9.98. The number of carboxylic acids is 1. The maximum Gasteiger partial charge on any atom is 0.336 e. The third-order valence-corrected chi connectivity index (χ3v) is 5.10. The van der Waals surface area contributed by atoms with Crippen LogP contribution in [0.5, 0.6) is 0 Å². The zero-order chi connectivity index (χ0) is 18.1. The standard InChI is InChI=1S/C18H21NO4S/c1-12-5-10-15(16(11-12)17(20)21)13-6-8-14(9-7-13)24(22,23)19-18(2,3)4/h5-11,19H,1-4H3,(H,20,21). The number of sulfonamides is 1. The summed E-state index contributed by atoms with van der Waals surface area (Å²) in [5.41, 5.74) is 1.68. The van der Waals surface area contributed by atoms with E-state index in [0.29, 0.717) is 11.1 Å². The second-order valence-electron chi connectivity index (χ2n) is 6.73. The van der Waals surface area contributed by atoms with Gasteiger partial charge in [0.05, 0.1) is 10.5 Å². The number of hydrogen-bond acceptors (Lipinski definition) is 3. The predicted octanol–water partition coefficient (Wildman–Crippen LogP) is 3.44. The number of carboxylic acid groups (broad SMARTS) is 1. The van der Waals surface area contributed by atoms with Crippen LogP contribution in [0, 0.1) is 6.92 Å². The first-order chi connectivity index (χ1) is 11.0. The molecule has 2 aromatic carbocycles. The Balaban J connectivity index is 2.43. The number of carbonyl (C=O) groups is 1. The van der Waals surface area contributed by atoms with Gasteiger partial charge >= 0.3 is 5.97 Å². The first kappa shape index (κ1) is 18.2. The van der Waals surface area contributed by atoms with Gasteiger partial charge in [-0.2, -0.15) is 0 Å². The van der Waals surface area contributed by atoms with Gasteiger partial charge in [0.15, 0.2) is 0 Å². The van der Waals surface area contributed by atoms with Crippen LogP contribution in [0.15, 0.2) is 47.4 Å². The fraction of sp³-hybridized carbons (Fsp3) is 0.278. The van der Waals surface area contributed by atoms with Crippen molar-refractivity contribution in [3.05, 3.63) is 53.6 Å². The zero-order valence-corrected chi connectivity index (χ0v) is 14.9. The van der Waals surface area contributed by atoms with E-state index < -0.39 is 21.5 Å². The lowest BCUT2D eigenvalue weighted by molar-refractivity contribution is 0.0697. The van der Waals surface area contributed by atoms with Crippen molar-refractivity contribution >= 4 is 16.0 Å². The van der Waals surface area contributed by atoms with E-state index >= 15 is 0 Å². The summed E-state index contributed by atoms with van der Waals surface area (Å²) in [6, 6.07) is 11.4. The fourth-order valence-corrected chi connectivity index (χ4v) is 3.78. The summed E-state index contributed by atoms with van der Waals surface area (Å²) in [7, 11) is -3.62. The molecule has 0 heterocycles. The number of rotatable bonds is 4. The normalized spacial score (nSPS) is 12.2. The molecule has 24 heavy (non-hydrogen) atoms. The zero-order valence-electron chi connectivity index (χ0n) is 14.1. The van der Waals surface area contributed by atoms with Crippen LogP contribution in [0.3, 0.4) is 0 Å². The van der Waals surface area contributed by atoms with Crippen LogP contribution in [0.4, 0.5) is 0 Å². The molecular formula is C18H21NO4S. The Kier molecular flexibility index (Phi) is 4.82. The van der Waals surface area contributed by atoms with Crippen LogP contribution in [-0.2, 0) is 10.0 Å². The molecule has 128 valence electrons. The Labute approximate surface area is 142 Å². The molecule has 0 fully saturated rings. The molecule has 0 spiro atoms. The summed E-state index contributed by atoms with van der Waals surface area (Å²) >= 11 is 0. The fourth-order valence-electron chi connectivity index (χ4n) is 2.36. The first-order valence-corrected chi connectivity index (χ1v) is 8.96. The largest absolute Gasteiger partial charge is 0.478 e. The van der Waals surface area contributed by atoms with E-state index in [1.807, 2.05) is 13.0 Å². The Morgan fingerprint density at radius 1 is 1.04 bits per heavy atom. The summed E-state index contributed by atoms with van der Waals surface area (Å²) in [5.74, 6) is -1.01. The van der Waals surface area contributed by atoms with Crippen LogP contribution in [0.1, 0.15) is 36.7 Å². The summed E-state index contributed by atoms with van der Waals surface area (Å²) in [5, 5.41) is 9.36. The highest BCUT2D eigenvalue weighted by Gasteiger charge is 2.22. The van der Waals surface area contributed by atoms with Crippen molar-refractivity contribution in [1.29, 1.82) is 0 Å². The van der Waals surface area contributed by atoms with Gasteiger partial charge in [0, 0.05) is 5.54 Å². The van der Waals surface area contributed by atoms with E-state index in [-0.39, 0.29) is 10.5 Å². The molecule has 6 heteroatoms. The van der Waals surface area contributed by atoms with E-state index in [1.165, 1.54) is 12.1 Å². The molecule has 5 nitrogen and oxygen atoms in total. The van der Waals surface area contributed by atoms with Crippen molar-refractivity contribution in [2.45, 2.75) is 38.1 Å². The lowest BCUT2D eigenvalue weighted by Crippen LogP contribution is -2.40. The maximum absolute atomic E-state index is 12.3. The summed E-state index contributed by atoms with van der Waals surface area (Å²) in [6.07, 6.45) is 0. The predicted molar refractivity (Wildman–Crippen MR) is 93.6 cm³/mol. The molecule has 0 saturated carbocycles. The highest BCUT2D eigenvalue weighted by Crippen LogP contribution is 2.26. The number of aromatic carboxylic acids is 1. The van der Waals surface area contributed by atoms with Crippen molar-refractivity contribution in [3.8, 4) is 11.1 Å². The van der Waals surface area contributed by atoms with Gasteiger partial charge in [-0.15, -0.1) is 0 Å².